The number of hydrogen-bond donors (Lipinski definition) is 1. The van der Waals surface area contributed by atoms with E-state index in [0.717, 1.165) is 21.8 Å². The van der Waals surface area contributed by atoms with Crippen molar-refractivity contribution in [1.29, 1.82) is 0 Å². The van der Waals surface area contributed by atoms with E-state index in [0.29, 0.717) is 21.9 Å². The maximum Gasteiger partial charge on any atom is 0.342 e. The first-order valence-corrected chi connectivity index (χ1v) is 10.6. The second-order valence-electron chi connectivity index (χ2n) is 7.10. The third-order valence-corrected chi connectivity index (χ3v) is 5.61. The highest BCUT2D eigenvalue weighted by molar-refractivity contribution is 7.17. The summed E-state index contributed by atoms with van der Waals surface area (Å²) in [6, 6.07) is 14.2. The van der Waals surface area contributed by atoms with Gasteiger partial charge in [0.15, 0.2) is 0 Å². The number of esters is 1. The molecule has 31 heavy (non-hydrogen) atoms. The summed E-state index contributed by atoms with van der Waals surface area (Å²) in [5, 5.41) is 3.34. The Morgan fingerprint density at radius 1 is 0.903 bits per heavy atom. The summed E-state index contributed by atoms with van der Waals surface area (Å²) >= 11 is 1.34. The molecule has 6 nitrogen and oxygen atoms in total. The van der Waals surface area contributed by atoms with Crippen molar-refractivity contribution >= 4 is 28.2 Å². The Labute approximate surface area is 185 Å². The Balaban J connectivity index is 2.02. The number of hydrogen-bond acceptors (Lipinski definition) is 6. The van der Waals surface area contributed by atoms with Crippen molar-refractivity contribution in [1.82, 2.24) is 0 Å². The number of carbonyl (C=O) groups is 2. The van der Waals surface area contributed by atoms with Crippen molar-refractivity contribution in [2.45, 2.75) is 26.9 Å². The molecular formula is C24H25NO5S. The number of amides is 1. The molecule has 0 aliphatic carbocycles. The van der Waals surface area contributed by atoms with Crippen LogP contribution in [0.4, 0.5) is 5.00 Å². The fourth-order valence-electron chi connectivity index (χ4n) is 3.12. The zero-order valence-electron chi connectivity index (χ0n) is 18.1. The molecule has 7 heteroatoms. The summed E-state index contributed by atoms with van der Waals surface area (Å²) in [6.45, 7) is 5.50. The van der Waals surface area contributed by atoms with Gasteiger partial charge in [-0.15, -0.1) is 11.3 Å². The molecule has 0 spiro atoms. The molecule has 162 valence electrons. The molecule has 0 atom stereocenters. The normalized spacial score (nSPS) is 10.6. The van der Waals surface area contributed by atoms with Crippen LogP contribution >= 0.6 is 11.3 Å². The topological polar surface area (TPSA) is 73.9 Å². The zero-order valence-corrected chi connectivity index (χ0v) is 19.0. The molecule has 0 aliphatic rings. The number of anilines is 1. The molecule has 2 aromatic carbocycles. The van der Waals surface area contributed by atoms with Crippen molar-refractivity contribution in [2.75, 3.05) is 19.5 Å². The minimum atomic E-state index is -0.477. The fourth-order valence-corrected chi connectivity index (χ4v) is 4.18. The molecule has 0 bridgehead atoms. The van der Waals surface area contributed by atoms with E-state index in [-0.39, 0.29) is 12.0 Å². The van der Waals surface area contributed by atoms with Crippen LogP contribution in [-0.4, -0.2) is 32.2 Å². The fraction of sp³-hybridized carbons (Fsp3) is 0.250. The van der Waals surface area contributed by atoms with Crippen LogP contribution in [0.1, 0.15) is 39.4 Å². The van der Waals surface area contributed by atoms with Gasteiger partial charge in [-0.05, 0) is 62.7 Å². The Bertz CT molecular complexity index is 1070. The second-order valence-corrected chi connectivity index (χ2v) is 8.33. The summed E-state index contributed by atoms with van der Waals surface area (Å²) in [5.74, 6) is 0.585. The van der Waals surface area contributed by atoms with Gasteiger partial charge < -0.3 is 19.5 Å². The van der Waals surface area contributed by atoms with Crippen molar-refractivity contribution in [3.63, 3.8) is 0 Å². The number of benzene rings is 2. The van der Waals surface area contributed by atoms with Gasteiger partial charge >= 0.3 is 5.97 Å². The van der Waals surface area contributed by atoms with Gasteiger partial charge in [0, 0.05) is 16.0 Å². The van der Waals surface area contributed by atoms with Crippen LogP contribution < -0.4 is 14.8 Å². The lowest BCUT2D eigenvalue weighted by Crippen LogP contribution is -2.16. The minimum Gasteiger partial charge on any atom is -0.497 e. The summed E-state index contributed by atoms with van der Waals surface area (Å²) in [7, 11) is 3.17. The number of nitrogens with one attached hydrogen (secondary N) is 1. The molecule has 1 N–H and O–H groups in total. The zero-order chi connectivity index (χ0) is 22.5. The highest BCUT2D eigenvalue weighted by Crippen LogP contribution is 2.41. The molecule has 0 fully saturated rings. The largest absolute Gasteiger partial charge is 0.497 e. The molecule has 1 amide bonds. The van der Waals surface area contributed by atoms with Gasteiger partial charge in [0.25, 0.3) is 5.91 Å². The number of thiophene rings is 1. The first kappa shape index (κ1) is 22.4. The first-order chi connectivity index (χ1) is 14.8. The van der Waals surface area contributed by atoms with Gasteiger partial charge in [-0.3, -0.25) is 4.79 Å². The quantitative estimate of drug-likeness (QED) is 0.488. The van der Waals surface area contributed by atoms with E-state index in [1.165, 1.54) is 11.3 Å². The average Bonchev–Trinajstić information content (AvgIpc) is 3.09. The lowest BCUT2D eigenvalue weighted by atomic mass is 10.0. The van der Waals surface area contributed by atoms with E-state index >= 15 is 0 Å². The Kier molecular flexibility index (Phi) is 6.97. The highest BCUT2D eigenvalue weighted by atomic mass is 32.1. The second kappa shape index (κ2) is 9.66. The van der Waals surface area contributed by atoms with Gasteiger partial charge in [-0.2, -0.15) is 0 Å². The van der Waals surface area contributed by atoms with Crippen molar-refractivity contribution < 1.29 is 23.8 Å². The molecular weight excluding hydrogens is 414 g/mol. The van der Waals surface area contributed by atoms with Crippen LogP contribution in [0.2, 0.25) is 0 Å². The van der Waals surface area contributed by atoms with E-state index in [1.807, 2.05) is 31.2 Å². The standard InChI is InChI=1S/C24H25NO5S/c1-14(2)30-24(27)21-20(16-6-10-18(28-4)11-7-16)15(3)31-23(21)25-22(26)17-8-12-19(29-5)13-9-17/h6-14H,1-5H3,(H,25,26). The smallest absolute Gasteiger partial charge is 0.342 e. The molecule has 0 saturated heterocycles. The summed E-state index contributed by atoms with van der Waals surface area (Å²) < 4.78 is 15.9. The predicted octanol–water partition coefficient (Wildman–Crippen LogP) is 5.56. The van der Waals surface area contributed by atoms with Crippen LogP contribution in [-0.2, 0) is 4.74 Å². The highest BCUT2D eigenvalue weighted by Gasteiger charge is 2.26. The minimum absolute atomic E-state index is 0.290. The molecule has 3 rings (SSSR count). The summed E-state index contributed by atoms with van der Waals surface area (Å²) in [6.07, 6.45) is -0.290. The van der Waals surface area contributed by atoms with Crippen LogP contribution in [0.15, 0.2) is 48.5 Å². The number of methoxy groups -OCH3 is 2. The van der Waals surface area contributed by atoms with Crippen LogP contribution in [0, 0.1) is 6.92 Å². The first-order valence-electron chi connectivity index (χ1n) is 9.78. The third kappa shape index (κ3) is 5.06. The summed E-state index contributed by atoms with van der Waals surface area (Å²) in [4.78, 5) is 26.7. The SMILES string of the molecule is COc1ccc(C(=O)Nc2sc(C)c(-c3ccc(OC)cc3)c2C(=O)OC(C)C)cc1. The van der Waals surface area contributed by atoms with E-state index in [2.05, 4.69) is 5.32 Å². The molecule has 0 unspecified atom stereocenters. The number of carbonyl (C=O) groups excluding carboxylic acids is 2. The van der Waals surface area contributed by atoms with Gasteiger partial charge in [0.2, 0.25) is 0 Å². The predicted molar refractivity (Wildman–Crippen MR) is 123 cm³/mol. The lowest BCUT2D eigenvalue weighted by molar-refractivity contribution is 0.0380. The van der Waals surface area contributed by atoms with Crippen molar-refractivity contribution in [3.8, 4) is 22.6 Å². The Morgan fingerprint density at radius 2 is 1.45 bits per heavy atom. The van der Waals surface area contributed by atoms with Gasteiger partial charge in [0.1, 0.15) is 22.1 Å². The molecule has 0 saturated carbocycles. The van der Waals surface area contributed by atoms with Crippen molar-refractivity contribution in [2.24, 2.45) is 0 Å². The van der Waals surface area contributed by atoms with Crippen LogP contribution in [0.25, 0.3) is 11.1 Å². The van der Waals surface area contributed by atoms with Gasteiger partial charge in [0.05, 0.1) is 20.3 Å². The average molecular weight is 440 g/mol. The molecule has 1 aromatic heterocycles. The molecule has 0 radical (unpaired) electrons. The molecule has 3 aromatic rings. The third-order valence-electron chi connectivity index (χ3n) is 4.59. The molecule has 0 aliphatic heterocycles. The van der Waals surface area contributed by atoms with Crippen molar-refractivity contribution in [3.05, 3.63) is 64.5 Å². The van der Waals surface area contributed by atoms with Crippen LogP contribution in [0.5, 0.6) is 11.5 Å². The van der Waals surface area contributed by atoms with Crippen LogP contribution in [0.3, 0.4) is 0 Å². The number of aryl methyl sites for hydroxylation is 1. The maximum atomic E-state index is 13.0. The van der Waals surface area contributed by atoms with E-state index in [4.69, 9.17) is 14.2 Å². The summed E-state index contributed by atoms with van der Waals surface area (Å²) in [5.41, 5.74) is 2.39. The Hall–Kier alpha value is -3.32. The van der Waals surface area contributed by atoms with E-state index in [9.17, 15) is 9.59 Å². The Morgan fingerprint density at radius 3 is 1.97 bits per heavy atom. The maximum absolute atomic E-state index is 13.0. The van der Waals surface area contributed by atoms with E-state index in [1.54, 1.807) is 52.3 Å². The monoisotopic (exact) mass is 439 g/mol. The molecule has 1 heterocycles. The van der Waals surface area contributed by atoms with Gasteiger partial charge in [-0.1, -0.05) is 12.1 Å². The van der Waals surface area contributed by atoms with E-state index < -0.39 is 5.97 Å². The lowest BCUT2D eigenvalue weighted by Gasteiger charge is -2.12. The number of rotatable bonds is 7. The number of ether oxygens (including phenoxy) is 3. The van der Waals surface area contributed by atoms with Gasteiger partial charge in [-0.25, -0.2) is 4.79 Å².